The van der Waals surface area contributed by atoms with Gasteiger partial charge < -0.3 is 10.2 Å². The maximum Gasteiger partial charge on any atom is 0.191 e. The topological polar surface area (TPSA) is 64.5 Å². The van der Waals surface area contributed by atoms with Crippen molar-refractivity contribution in [1.29, 1.82) is 0 Å². The molecule has 0 unspecified atom stereocenters. The molecule has 0 aromatic rings. The smallest absolute Gasteiger partial charge is 0.191 e. The van der Waals surface area contributed by atoms with Crippen LogP contribution in [-0.2, 0) is 0 Å². The van der Waals surface area contributed by atoms with Crippen LogP contribution in [0.25, 0.3) is 0 Å². The van der Waals surface area contributed by atoms with Gasteiger partial charge in [0.2, 0.25) is 0 Å². The lowest BCUT2D eigenvalue weighted by atomic mass is 10.3. The lowest BCUT2D eigenvalue weighted by Crippen LogP contribution is -2.33. The van der Waals surface area contributed by atoms with E-state index < -0.39 is 5.79 Å². The standard InChI is InChI=1S/C3H8N2O2/c6-3(7)1-4-5-2-3/h4-7H,1-2H2. The zero-order valence-corrected chi connectivity index (χ0v) is 3.81. The first kappa shape index (κ1) is 4.99. The molecule has 1 rings (SSSR count). The Morgan fingerprint density at radius 3 is 1.71 bits per heavy atom. The first-order valence-electron chi connectivity index (χ1n) is 2.11. The average Bonchev–Trinajstić information content (AvgIpc) is 1.84. The number of aliphatic hydroxyl groups is 2. The van der Waals surface area contributed by atoms with Crippen molar-refractivity contribution >= 4 is 0 Å². The van der Waals surface area contributed by atoms with Crippen LogP contribution in [0.15, 0.2) is 0 Å². The molecule has 0 spiro atoms. The van der Waals surface area contributed by atoms with Crippen LogP contribution in [0.5, 0.6) is 0 Å². The molecule has 7 heavy (non-hydrogen) atoms. The molecular formula is C3H8N2O2. The van der Waals surface area contributed by atoms with E-state index in [2.05, 4.69) is 10.9 Å². The Hall–Kier alpha value is -0.160. The molecule has 0 radical (unpaired) electrons. The van der Waals surface area contributed by atoms with E-state index in [9.17, 15) is 0 Å². The average molecular weight is 104 g/mol. The molecule has 0 saturated carbocycles. The molecule has 42 valence electrons. The van der Waals surface area contributed by atoms with Gasteiger partial charge in [0.1, 0.15) is 0 Å². The minimum absolute atomic E-state index is 0.201. The number of β-amino-alcohol motifs (C(OH)–C–C–N with tert-alkyl or cyclic N) is 2. The fourth-order valence-electron chi connectivity index (χ4n) is 0.471. The zero-order chi connectivity index (χ0) is 5.33. The summed E-state index contributed by atoms with van der Waals surface area (Å²) in [5, 5.41) is 17.2. The normalized spacial score (nSPS) is 28.3. The first-order chi connectivity index (χ1) is 3.21. The summed E-state index contributed by atoms with van der Waals surface area (Å²) in [5.74, 6) is -1.53. The van der Waals surface area contributed by atoms with E-state index in [1.807, 2.05) is 0 Å². The molecule has 1 aliphatic heterocycles. The predicted molar refractivity (Wildman–Crippen MR) is 23.2 cm³/mol. The van der Waals surface area contributed by atoms with Crippen LogP contribution in [-0.4, -0.2) is 29.1 Å². The molecular weight excluding hydrogens is 96.0 g/mol. The molecule has 1 fully saturated rings. The number of rotatable bonds is 0. The van der Waals surface area contributed by atoms with Crippen molar-refractivity contribution in [1.82, 2.24) is 10.9 Å². The van der Waals surface area contributed by atoms with Gasteiger partial charge in [-0.05, 0) is 0 Å². The lowest BCUT2D eigenvalue weighted by molar-refractivity contribution is -0.132. The predicted octanol–water partition coefficient (Wildman–Crippen LogP) is -2.22. The molecule has 0 bridgehead atoms. The molecule has 0 amide bonds. The SMILES string of the molecule is OC1(O)CNNC1. The first-order valence-corrected chi connectivity index (χ1v) is 2.11. The molecule has 0 atom stereocenters. The van der Waals surface area contributed by atoms with Crippen LogP contribution in [0.4, 0.5) is 0 Å². The Morgan fingerprint density at radius 2 is 1.57 bits per heavy atom. The van der Waals surface area contributed by atoms with Gasteiger partial charge in [-0.1, -0.05) is 0 Å². The maximum absolute atomic E-state index is 8.62. The van der Waals surface area contributed by atoms with E-state index in [1.165, 1.54) is 0 Å². The van der Waals surface area contributed by atoms with Crippen LogP contribution >= 0.6 is 0 Å². The Balaban J connectivity index is 2.40. The summed E-state index contributed by atoms with van der Waals surface area (Å²) in [6.07, 6.45) is 0. The third kappa shape index (κ3) is 1.10. The van der Waals surface area contributed by atoms with E-state index in [4.69, 9.17) is 10.2 Å². The van der Waals surface area contributed by atoms with Gasteiger partial charge in [0.25, 0.3) is 0 Å². The van der Waals surface area contributed by atoms with Crippen molar-refractivity contribution in [2.75, 3.05) is 13.1 Å². The highest BCUT2D eigenvalue weighted by atomic mass is 16.5. The van der Waals surface area contributed by atoms with Gasteiger partial charge in [-0.3, -0.25) is 10.9 Å². The van der Waals surface area contributed by atoms with Crippen molar-refractivity contribution in [2.24, 2.45) is 0 Å². The molecule has 1 saturated heterocycles. The highest BCUT2D eigenvalue weighted by Crippen LogP contribution is 1.96. The van der Waals surface area contributed by atoms with Crippen LogP contribution < -0.4 is 10.9 Å². The van der Waals surface area contributed by atoms with E-state index in [1.54, 1.807) is 0 Å². The number of hydrogen-bond acceptors (Lipinski definition) is 4. The molecule has 0 aromatic carbocycles. The summed E-state index contributed by atoms with van der Waals surface area (Å²) < 4.78 is 0. The van der Waals surface area contributed by atoms with Gasteiger partial charge in [0, 0.05) is 0 Å². The molecule has 0 aromatic heterocycles. The number of hydrazine groups is 1. The van der Waals surface area contributed by atoms with Crippen molar-refractivity contribution in [2.45, 2.75) is 5.79 Å². The van der Waals surface area contributed by atoms with E-state index >= 15 is 0 Å². The van der Waals surface area contributed by atoms with Gasteiger partial charge >= 0.3 is 0 Å². The summed E-state index contributed by atoms with van der Waals surface area (Å²) >= 11 is 0. The molecule has 4 heteroatoms. The van der Waals surface area contributed by atoms with Gasteiger partial charge in [-0.15, -0.1) is 0 Å². The molecule has 4 N–H and O–H groups in total. The van der Waals surface area contributed by atoms with Gasteiger partial charge in [-0.2, -0.15) is 0 Å². The number of hydrogen-bond donors (Lipinski definition) is 4. The van der Waals surface area contributed by atoms with E-state index in [0.717, 1.165) is 0 Å². The summed E-state index contributed by atoms with van der Waals surface area (Å²) in [6, 6.07) is 0. The third-order valence-electron chi connectivity index (χ3n) is 0.868. The second-order valence-corrected chi connectivity index (χ2v) is 1.69. The molecule has 1 aliphatic rings. The molecule has 0 aliphatic carbocycles. The third-order valence-corrected chi connectivity index (χ3v) is 0.868. The fourth-order valence-corrected chi connectivity index (χ4v) is 0.471. The highest BCUT2D eigenvalue weighted by molar-refractivity contribution is 4.74. The summed E-state index contributed by atoms with van der Waals surface area (Å²) in [4.78, 5) is 0. The summed E-state index contributed by atoms with van der Waals surface area (Å²) in [7, 11) is 0. The van der Waals surface area contributed by atoms with Crippen molar-refractivity contribution in [3.05, 3.63) is 0 Å². The van der Waals surface area contributed by atoms with Crippen LogP contribution in [0, 0.1) is 0 Å². The Morgan fingerprint density at radius 1 is 1.14 bits per heavy atom. The van der Waals surface area contributed by atoms with Crippen LogP contribution in [0.1, 0.15) is 0 Å². The largest absolute Gasteiger partial charge is 0.364 e. The minimum atomic E-state index is -1.53. The Labute approximate surface area is 41.1 Å². The fraction of sp³-hybridized carbons (Fsp3) is 1.00. The Bertz CT molecular complexity index is 65.3. The second-order valence-electron chi connectivity index (χ2n) is 1.69. The van der Waals surface area contributed by atoms with E-state index in [-0.39, 0.29) is 13.1 Å². The van der Waals surface area contributed by atoms with Crippen molar-refractivity contribution < 1.29 is 10.2 Å². The van der Waals surface area contributed by atoms with Crippen LogP contribution in [0.2, 0.25) is 0 Å². The van der Waals surface area contributed by atoms with Gasteiger partial charge in [0.05, 0.1) is 13.1 Å². The number of nitrogens with one attached hydrogen (secondary N) is 2. The zero-order valence-electron chi connectivity index (χ0n) is 3.81. The van der Waals surface area contributed by atoms with Crippen molar-refractivity contribution in [3.8, 4) is 0 Å². The summed E-state index contributed by atoms with van der Waals surface area (Å²) in [5.41, 5.74) is 5.12. The minimum Gasteiger partial charge on any atom is -0.364 e. The monoisotopic (exact) mass is 104 g/mol. The van der Waals surface area contributed by atoms with E-state index in [0.29, 0.717) is 0 Å². The highest BCUT2D eigenvalue weighted by Gasteiger charge is 2.26. The lowest BCUT2D eigenvalue weighted by Gasteiger charge is -2.08. The van der Waals surface area contributed by atoms with Crippen LogP contribution in [0.3, 0.4) is 0 Å². The summed E-state index contributed by atoms with van der Waals surface area (Å²) in [6.45, 7) is 0.403. The van der Waals surface area contributed by atoms with Gasteiger partial charge in [0.15, 0.2) is 5.79 Å². The molecule has 4 nitrogen and oxygen atoms in total. The maximum atomic E-state index is 8.62. The second kappa shape index (κ2) is 1.41. The van der Waals surface area contributed by atoms with Crippen molar-refractivity contribution in [3.63, 3.8) is 0 Å². The Kier molecular flexibility index (Phi) is 1.01. The van der Waals surface area contributed by atoms with Gasteiger partial charge in [-0.25, -0.2) is 0 Å². The molecule has 1 heterocycles. The quantitative estimate of drug-likeness (QED) is 0.263.